The van der Waals surface area contributed by atoms with Crippen LogP contribution in [0.3, 0.4) is 0 Å². The van der Waals surface area contributed by atoms with Crippen LogP contribution in [-0.4, -0.2) is 59.8 Å². The molecule has 0 atom stereocenters. The number of nitrogens with zero attached hydrogens (tertiary/aromatic N) is 1. The monoisotopic (exact) mass is 398 g/mol. The number of ether oxygens (including phenoxy) is 1. The second-order valence-corrected chi connectivity index (χ2v) is 8.04. The van der Waals surface area contributed by atoms with E-state index in [2.05, 4.69) is 46.6 Å². The van der Waals surface area contributed by atoms with Crippen LogP contribution in [0.25, 0.3) is 0 Å². The first kappa shape index (κ1) is 21.1. The van der Waals surface area contributed by atoms with Crippen molar-refractivity contribution in [3.05, 3.63) is 59.7 Å². The standard InChI is InChI=1S/C23H32N4O2/c1-25(2)21-8-4-19(5-9-21)16-24-23(28)18-27-14-12-26(13-15-27)17-20-6-10-22(29-3)11-7-20/h4-11H,12-18H2,1-3H3,(H,24,28)/p+2. The van der Waals surface area contributed by atoms with E-state index in [0.29, 0.717) is 13.1 Å². The molecule has 0 unspecified atom stereocenters. The van der Waals surface area contributed by atoms with Gasteiger partial charge in [-0.15, -0.1) is 0 Å². The maximum atomic E-state index is 12.3. The molecule has 1 aliphatic rings. The minimum Gasteiger partial charge on any atom is -0.497 e. The minimum absolute atomic E-state index is 0.135. The van der Waals surface area contributed by atoms with Crippen LogP contribution in [0.4, 0.5) is 5.69 Å². The Hall–Kier alpha value is -2.57. The molecular weight excluding hydrogens is 364 g/mol. The van der Waals surface area contributed by atoms with Gasteiger partial charge in [0.2, 0.25) is 0 Å². The van der Waals surface area contributed by atoms with E-state index in [1.165, 1.54) is 16.2 Å². The minimum atomic E-state index is 0.135. The van der Waals surface area contributed by atoms with E-state index in [0.717, 1.165) is 44.0 Å². The first-order chi connectivity index (χ1) is 14.0. The summed E-state index contributed by atoms with van der Waals surface area (Å²) in [4.78, 5) is 17.4. The van der Waals surface area contributed by atoms with Crippen molar-refractivity contribution in [3.8, 4) is 5.75 Å². The number of carbonyl (C=O) groups is 1. The lowest BCUT2D eigenvalue weighted by Crippen LogP contribution is -3.28. The molecular formula is C23H34N4O2+2. The van der Waals surface area contributed by atoms with Gasteiger partial charge in [0.05, 0.1) is 7.11 Å². The van der Waals surface area contributed by atoms with E-state index in [1.807, 2.05) is 26.2 Å². The molecule has 1 fully saturated rings. The number of hydrogen-bond acceptors (Lipinski definition) is 3. The Kier molecular flexibility index (Phi) is 7.49. The smallest absolute Gasteiger partial charge is 0.275 e. The first-order valence-corrected chi connectivity index (χ1v) is 10.4. The van der Waals surface area contributed by atoms with Gasteiger partial charge in [-0.05, 0) is 42.0 Å². The maximum absolute atomic E-state index is 12.3. The van der Waals surface area contributed by atoms with Crippen LogP contribution in [0.1, 0.15) is 11.1 Å². The summed E-state index contributed by atoms with van der Waals surface area (Å²) in [5.74, 6) is 1.04. The molecule has 3 N–H and O–H groups in total. The molecule has 2 aromatic rings. The van der Waals surface area contributed by atoms with Crippen LogP contribution >= 0.6 is 0 Å². The van der Waals surface area contributed by atoms with Gasteiger partial charge < -0.3 is 24.8 Å². The molecule has 0 spiro atoms. The average molecular weight is 399 g/mol. The molecule has 6 heteroatoms. The summed E-state index contributed by atoms with van der Waals surface area (Å²) >= 11 is 0. The summed E-state index contributed by atoms with van der Waals surface area (Å²) in [7, 11) is 5.75. The topological polar surface area (TPSA) is 50.5 Å². The molecule has 0 radical (unpaired) electrons. The Morgan fingerprint density at radius 2 is 1.52 bits per heavy atom. The lowest BCUT2D eigenvalue weighted by molar-refractivity contribution is -1.02. The highest BCUT2D eigenvalue weighted by molar-refractivity contribution is 5.76. The zero-order valence-corrected chi connectivity index (χ0v) is 17.8. The van der Waals surface area contributed by atoms with Crippen LogP contribution < -0.4 is 24.8 Å². The number of hydrogen-bond donors (Lipinski definition) is 3. The predicted molar refractivity (Wildman–Crippen MR) is 116 cm³/mol. The molecule has 156 valence electrons. The molecule has 3 rings (SSSR count). The van der Waals surface area contributed by atoms with E-state index in [4.69, 9.17) is 4.74 Å². The van der Waals surface area contributed by atoms with Crippen LogP contribution in [0, 0.1) is 0 Å². The van der Waals surface area contributed by atoms with Gasteiger partial charge in [0, 0.05) is 31.9 Å². The quantitative estimate of drug-likeness (QED) is 0.555. The fourth-order valence-corrected chi connectivity index (χ4v) is 3.74. The number of amides is 1. The van der Waals surface area contributed by atoms with Crippen LogP contribution in [0.5, 0.6) is 5.75 Å². The Balaban J connectivity index is 1.36. The van der Waals surface area contributed by atoms with E-state index in [9.17, 15) is 4.79 Å². The number of anilines is 1. The number of rotatable bonds is 8. The van der Waals surface area contributed by atoms with Gasteiger partial charge in [0.1, 0.15) is 38.5 Å². The molecule has 1 saturated heterocycles. The number of carbonyl (C=O) groups excluding carboxylic acids is 1. The summed E-state index contributed by atoms with van der Waals surface area (Å²) in [5.41, 5.74) is 3.63. The molecule has 0 aromatic heterocycles. The van der Waals surface area contributed by atoms with Gasteiger partial charge in [-0.25, -0.2) is 0 Å². The number of piperazine rings is 1. The number of nitrogens with one attached hydrogen (secondary N) is 3. The van der Waals surface area contributed by atoms with Crippen LogP contribution in [0.2, 0.25) is 0 Å². The predicted octanol–water partition coefficient (Wildman–Crippen LogP) is -0.639. The highest BCUT2D eigenvalue weighted by atomic mass is 16.5. The van der Waals surface area contributed by atoms with E-state index in [1.54, 1.807) is 12.0 Å². The lowest BCUT2D eigenvalue weighted by Gasteiger charge is -2.29. The average Bonchev–Trinajstić information content (AvgIpc) is 2.74. The number of methoxy groups -OCH3 is 1. The number of quaternary nitrogens is 2. The van der Waals surface area contributed by atoms with Crippen molar-refractivity contribution in [1.82, 2.24) is 5.32 Å². The molecule has 29 heavy (non-hydrogen) atoms. The van der Waals surface area contributed by atoms with Crippen molar-refractivity contribution in [1.29, 1.82) is 0 Å². The summed E-state index contributed by atoms with van der Waals surface area (Å²) < 4.78 is 5.22. The summed E-state index contributed by atoms with van der Waals surface area (Å²) in [5, 5.41) is 3.06. The molecule has 0 bridgehead atoms. The van der Waals surface area contributed by atoms with Crippen LogP contribution in [0.15, 0.2) is 48.5 Å². The molecule has 1 heterocycles. The molecule has 2 aromatic carbocycles. The second-order valence-electron chi connectivity index (χ2n) is 8.04. The van der Waals surface area contributed by atoms with Gasteiger partial charge in [0.15, 0.2) is 6.54 Å². The Morgan fingerprint density at radius 3 is 2.10 bits per heavy atom. The second kappa shape index (κ2) is 10.3. The number of benzene rings is 2. The van der Waals surface area contributed by atoms with Crippen molar-refractivity contribution >= 4 is 11.6 Å². The third kappa shape index (κ3) is 6.48. The fourth-order valence-electron chi connectivity index (χ4n) is 3.74. The van der Waals surface area contributed by atoms with E-state index >= 15 is 0 Å². The molecule has 1 aliphatic heterocycles. The van der Waals surface area contributed by atoms with Gasteiger partial charge in [-0.1, -0.05) is 12.1 Å². The van der Waals surface area contributed by atoms with Crippen molar-refractivity contribution in [2.24, 2.45) is 0 Å². The zero-order valence-electron chi connectivity index (χ0n) is 17.8. The van der Waals surface area contributed by atoms with Crippen molar-refractivity contribution in [3.63, 3.8) is 0 Å². The normalized spacial score (nSPS) is 18.9. The summed E-state index contributed by atoms with van der Waals surface area (Å²) in [6, 6.07) is 16.6. The molecule has 0 aliphatic carbocycles. The van der Waals surface area contributed by atoms with Crippen molar-refractivity contribution < 1.29 is 19.3 Å². The highest BCUT2D eigenvalue weighted by Gasteiger charge is 2.24. The largest absolute Gasteiger partial charge is 0.497 e. The van der Waals surface area contributed by atoms with Crippen molar-refractivity contribution in [2.45, 2.75) is 13.1 Å². The van der Waals surface area contributed by atoms with Gasteiger partial charge in [0.25, 0.3) is 5.91 Å². The third-order valence-corrected chi connectivity index (χ3v) is 5.63. The molecule has 1 amide bonds. The van der Waals surface area contributed by atoms with Gasteiger partial charge >= 0.3 is 0 Å². The summed E-state index contributed by atoms with van der Waals surface area (Å²) in [6.45, 7) is 6.46. The first-order valence-electron chi connectivity index (χ1n) is 10.4. The Bertz CT molecular complexity index is 766. The van der Waals surface area contributed by atoms with Crippen molar-refractivity contribution in [2.75, 3.05) is 58.8 Å². The zero-order chi connectivity index (χ0) is 20.6. The third-order valence-electron chi connectivity index (χ3n) is 5.63. The maximum Gasteiger partial charge on any atom is 0.275 e. The SMILES string of the molecule is COc1ccc(C[NH+]2CC[NH+](CC(=O)NCc3ccc(N(C)C)cc3)CC2)cc1. The lowest BCUT2D eigenvalue weighted by atomic mass is 10.2. The summed E-state index contributed by atoms with van der Waals surface area (Å²) in [6.07, 6.45) is 0. The molecule has 6 nitrogen and oxygen atoms in total. The van der Waals surface area contributed by atoms with E-state index < -0.39 is 0 Å². The fraction of sp³-hybridized carbons (Fsp3) is 0.435. The highest BCUT2D eigenvalue weighted by Crippen LogP contribution is 2.12. The van der Waals surface area contributed by atoms with Gasteiger partial charge in [-0.3, -0.25) is 4.79 Å². The van der Waals surface area contributed by atoms with E-state index in [-0.39, 0.29) is 5.91 Å². The van der Waals surface area contributed by atoms with Crippen LogP contribution in [-0.2, 0) is 17.9 Å². The Labute approximate surface area is 174 Å². The van der Waals surface area contributed by atoms with Gasteiger partial charge in [-0.2, -0.15) is 0 Å². The Morgan fingerprint density at radius 1 is 0.931 bits per heavy atom. The molecule has 0 saturated carbocycles.